The number of benzene rings is 2. The minimum atomic E-state index is 0.172. The van der Waals surface area contributed by atoms with Crippen molar-refractivity contribution in [1.82, 2.24) is 9.97 Å². The Hall–Kier alpha value is -2.33. The van der Waals surface area contributed by atoms with E-state index in [1.165, 1.54) is 16.7 Å². The van der Waals surface area contributed by atoms with Crippen LogP contribution in [0, 0.1) is 20.8 Å². The van der Waals surface area contributed by atoms with E-state index >= 15 is 0 Å². The molecular formula is C24H28N2OS. The number of aryl methyl sites for hydroxylation is 3. The van der Waals surface area contributed by atoms with Crippen LogP contribution in [0.1, 0.15) is 48.7 Å². The number of ether oxygens (including phenoxy) is 1. The van der Waals surface area contributed by atoms with Crippen LogP contribution >= 0.6 is 11.8 Å². The zero-order chi connectivity index (χ0) is 20.3. The number of rotatable bonds is 5. The van der Waals surface area contributed by atoms with Crippen LogP contribution in [-0.2, 0) is 11.2 Å². The SMILES string of the molecule is Cc1ccc(Oc2cc(C)nc(SCc3ccc(C(C)(C)C)cc3)n2)c(C)c1. The number of thioether (sulfide) groups is 1. The third-order valence-corrected chi connectivity index (χ3v) is 5.46. The van der Waals surface area contributed by atoms with Gasteiger partial charge in [0.25, 0.3) is 0 Å². The van der Waals surface area contributed by atoms with Gasteiger partial charge in [-0.05, 0) is 48.9 Å². The van der Waals surface area contributed by atoms with Crippen molar-refractivity contribution in [2.75, 3.05) is 0 Å². The van der Waals surface area contributed by atoms with Crippen LogP contribution in [0.15, 0.2) is 53.7 Å². The topological polar surface area (TPSA) is 35.0 Å². The summed E-state index contributed by atoms with van der Waals surface area (Å²) in [5, 5.41) is 0.736. The lowest BCUT2D eigenvalue weighted by molar-refractivity contribution is 0.451. The first kappa shape index (κ1) is 20.4. The monoisotopic (exact) mass is 392 g/mol. The summed E-state index contributed by atoms with van der Waals surface area (Å²) >= 11 is 1.63. The summed E-state index contributed by atoms with van der Waals surface area (Å²) in [4.78, 5) is 9.15. The van der Waals surface area contributed by atoms with Gasteiger partial charge in [0.15, 0.2) is 5.16 Å². The quantitative estimate of drug-likeness (QED) is 0.354. The van der Waals surface area contributed by atoms with Gasteiger partial charge in [-0.3, -0.25) is 0 Å². The van der Waals surface area contributed by atoms with Gasteiger partial charge in [-0.1, -0.05) is 74.5 Å². The first-order valence-electron chi connectivity index (χ1n) is 9.54. The van der Waals surface area contributed by atoms with Gasteiger partial charge in [-0.25, -0.2) is 4.98 Å². The van der Waals surface area contributed by atoms with Crippen molar-refractivity contribution in [3.8, 4) is 11.6 Å². The Kier molecular flexibility index (Phi) is 6.09. The van der Waals surface area contributed by atoms with E-state index in [2.05, 4.69) is 68.0 Å². The van der Waals surface area contributed by atoms with Crippen LogP contribution in [0.2, 0.25) is 0 Å². The number of hydrogen-bond acceptors (Lipinski definition) is 4. The van der Waals surface area contributed by atoms with E-state index < -0.39 is 0 Å². The van der Waals surface area contributed by atoms with Gasteiger partial charge in [0.2, 0.25) is 5.88 Å². The highest BCUT2D eigenvalue weighted by atomic mass is 32.2. The average Bonchev–Trinajstić information content (AvgIpc) is 2.62. The summed E-state index contributed by atoms with van der Waals surface area (Å²) in [7, 11) is 0. The Morgan fingerprint density at radius 3 is 2.25 bits per heavy atom. The van der Waals surface area contributed by atoms with Gasteiger partial charge >= 0.3 is 0 Å². The van der Waals surface area contributed by atoms with Crippen LogP contribution in [0.5, 0.6) is 11.6 Å². The molecule has 3 aromatic rings. The van der Waals surface area contributed by atoms with Crippen LogP contribution in [-0.4, -0.2) is 9.97 Å². The van der Waals surface area contributed by atoms with Gasteiger partial charge < -0.3 is 4.74 Å². The largest absolute Gasteiger partial charge is 0.439 e. The standard InChI is InChI=1S/C24H28N2OS/c1-16-7-12-21(17(2)13-16)27-22-14-18(3)25-23(26-22)28-15-19-8-10-20(11-9-19)24(4,5)6/h7-14H,15H2,1-6H3. The van der Waals surface area contributed by atoms with Crippen molar-refractivity contribution >= 4 is 11.8 Å². The summed E-state index contributed by atoms with van der Waals surface area (Å²) in [6.45, 7) is 12.8. The Balaban J connectivity index is 1.71. The molecular weight excluding hydrogens is 364 g/mol. The van der Waals surface area contributed by atoms with E-state index in [0.29, 0.717) is 5.88 Å². The van der Waals surface area contributed by atoms with E-state index in [0.717, 1.165) is 27.9 Å². The molecule has 0 spiro atoms. The van der Waals surface area contributed by atoms with Gasteiger partial charge in [-0.2, -0.15) is 4.98 Å². The molecule has 0 saturated heterocycles. The van der Waals surface area contributed by atoms with Crippen molar-refractivity contribution in [3.05, 3.63) is 76.5 Å². The number of hydrogen-bond donors (Lipinski definition) is 0. The van der Waals surface area contributed by atoms with Crippen molar-refractivity contribution in [2.24, 2.45) is 0 Å². The molecule has 0 amide bonds. The van der Waals surface area contributed by atoms with Crippen LogP contribution < -0.4 is 4.74 Å². The fourth-order valence-electron chi connectivity index (χ4n) is 2.91. The van der Waals surface area contributed by atoms with E-state index in [1.807, 2.05) is 32.0 Å². The molecule has 0 atom stereocenters. The highest BCUT2D eigenvalue weighted by Gasteiger charge is 2.13. The average molecular weight is 393 g/mol. The molecule has 0 fully saturated rings. The second kappa shape index (κ2) is 8.36. The lowest BCUT2D eigenvalue weighted by Crippen LogP contribution is -2.10. The maximum Gasteiger partial charge on any atom is 0.223 e. The second-order valence-electron chi connectivity index (χ2n) is 8.24. The third kappa shape index (κ3) is 5.35. The molecule has 1 heterocycles. The van der Waals surface area contributed by atoms with Gasteiger partial charge in [0, 0.05) is 17.5 Å². The Morgan fingerprint density at radius 1 is 0.893 bits per heavy atom. The van der Waals surface area contributed by atoms with Crippen LogP contribution in [0.25, 0.3) is 0 Å². The lowest BCUT2D eigenvalue weighted by atomic mass is 9.87. The summed E-state index contributed by atoms with van der Waals surface area (Å²) < 4.78 is 6.03. The molecule has 146 valence electrons. The van der Waals surface area contributed by atoms with Crippen molar-refractivity contribution < 1.29 is 4.74 Å². The van der Waals surface area contributed by atoms with Crippen molar-refractivity contribution in [3.63, 3.8) is 0 Å². The van der Waals surface area contributed by atoms with E-state index in [-0.39, 0.29) is 5.41 Å². The van der Waals surface area contributed by atoms with Crippen molar-refractivity contribution in [1.29, 1.82) is 0 Å². The molecule has 0 aliphatic rings. The van der Waals surface area contributed by atoms with E-state index in [4.69, 9.17) is 4.74 Å². The first-order valence-corrected chi connectivity index (χ1v) is 10.5. The third-order valence-electron chi connectivity index (χ3n) is 4.54. The van der Waals surface area contributed by atoms with E-state index in [9.17, 15) is 0 Å². The Bertz CT molecular complexity index is 959. The predicted octanol–water partition coefficient (Wildman–Crippen LogP) is 6.78. The summed E-state index contributed by atoms with van der Waals surface area (Å²) in [5.41, 5.74) is 6.01. The molecule has 0 aliphatic heterocycles. The minimum absolute atomic E-state index is 0.172. The molecule has 3 rings (SSSR count). The second-order valence-corrected chi connectivity index (χ2v) is 9.18. The number of nitrogens with zero attached hydrogens (tertiary/aromatic N) is 2. The molecule has 1 aromatic heterocycles. The van der Waals surface area contributed by atoms with Gasteiger partial charge in [0.05, 0.1) is 0 Å². The maximum absolute atomic E-state index is 6.03. The molecule has 0 saturated carbocycles. The molecule has 0 bridgehead atoms. The lowest BCUT2D eigenvalue weighted by Gasteiger charge is -2.19. The maximum atomic E-state index is 6.03. The summed E-state index contributed by atoms with van der Waals surface area (Å²) in [6, 6.07) is 16.8. The van der Waals surface area contributed by atoms with Crippen LogP contribution in [0.3, 0.4) is 0 Å². The van der Waals surface area contributed by atoms with Gasteiger partial charge in [0.1, 0.15) is 5.75 Å². The van der Waals surface area contributed by atoms with Crippen molar-refractivity contribution in [2.45, 2.75) is 57.9 Å². The normalized spacial score (nSPS) is 11.5. The predicted molar refractivity (Wildman–Crippen MR) is 117 cm³/mol. The molecule has 0 unspecified atom stereocenters. The molecule has 4 heteroatoms. The fraction of sp³-hybridized carbons (Fsp3) is 0.333. The first-order chi connectivity index (χ1) is 13.2. The zero-order valence-corrected chi connectivity index (χ0v) is 18.4. The Labute approximate surface area is 172 Å². The van der Waals surface area contributed by atoms with Crippen LogP contribution in [0.4, 0.5) is 0 Å². The summed E-state index contributed by atoms with van der Waals surface area (Å²) in [5.74, 6) is 2.25. The molecule has 0 aliphatic carbocycles. The highest BCUT2D eigenvalue weighted by molar-refractivity contribution is 7.98. The zero-order valence-electron chi connectivity index (χ0n) is 17.5. The molecule has 2 aromatic carbocycles. The van der Waals surface area contributed by atoms with E-state index in [1.54, 1.807) is 11.8 Å². The molecule has 3 nitrogen and oxygen atoms in total. The smallest absolute Gasteiger partial charge is 0.223 e. The van der Waals surface area contributed by atoms with Gasteiger partial charge in [-0.15, -0.1) is 0 Å². The Morgan fingerprint density at radius 2 is 1.61 bits per heavy atom. The molecule has 0 radical (unpaired) electrons. The fourth-order valence-corrected chi connectivity index (χ4v) is 3.76. The summed E-state index contributed by atoms with van der Waals surface area (Å²) in [6.07, 6.45) is 0. The molecule has 0 N–H and O–H groups in total. The highest BCUT2D eigenvalue weighted by Crippen LogP contribution is 2.28. The minimum Gasteiger partial charge on any atom is -0.439 e. The molecule has 28 heavy (non-hydrogen) atoms. The number of aromatic nitrogens is 2.